The molecule has 1 aromatic heterocycles. The van der Waals surface area contributed by atoms with Crippen molar-refractivity contribution >= 4 is 5.91 Å². The summed E-state index contributed by atoms with van der Waals surface area (Å²) in [7, 11) is 1.65. The van der Waals surface area contributed by atoms with E-state index in [1.165, 1.54) is 0 Å². The van der Waals surface area contributed by atoms with Gasteiger partial charge < -0.3 is 14.8 Å². The van der Waals surface area contributed by atoms with E-state index in [2.05, 4.69) is 17.3 Å². The summed E-state index contributed by atoms with van der Waals surface area (Å²) >= 11 is 0. The molecule has 1 aromatic carbocycles. The number of benzene rings is 1. The van der Waals surface area contributed by atoms with Crippen LogP contribution in [0.15, 0.2) is 24.4 Å². The molecule has 25 heavy (non-hydrogen) atoms. The predicted molar refractivity (Wildman–Crippen MR) is 95.3 cm³/mol. The third-order valence-corrected chi connectivity index (χ3v) is 4.59. The zero-order valence-electron chi connectivity index (χ0n) is 15.0. The molecule has 0 radical (unpaired) electrons. The van der Waals surface area contributed by atoms with Gasteiger partial charge in [0.1, 0.15) is 11.5 Å². The number of methoxy groups -OCH3 is 1. The maximum Gasteiger partial charge on any atom is 0.254 e. The normalized spacial score (nSPS) is 16.0. The van der Waals surface area contributed by atoms with E-state index in [0.29, 0.717) is 18.7 Å². The summed E-state index contributed by atoms with van der Waals surface area (Å²) < 4.78 is 12.9. The number of hydrogen-bond acceptors (Lipinski definition) is 4. The molecule has 6 nitrogen and oxygen atoms in total. The van der Waals surface area contributed by atoms with Crippen LogP contribution in [-0.2, 0) is 13.0 Å². The van der Waals surface area contributed by atoms with Gasteiger partial charge in [0.25, 0.3) is 5.91 Å². The van der Waals surface area contributed by atoms with Crippen molar-refractivity contribution < 1.29 is 14.3 Å². The first-order valence-corrected chi connectivity index (χ1v) is 8.72. The lowest BCUT2D eigenvalue weighted by Gasteiger charge is -2.25. The van der Waals surface area contributed by atoms with Crippen molar-refractivity contribution in [2.45, 2.75) is 33.2 Å². The molecule has 0 saturated heterocycles. The van der Waals surface area contributed by atoms with Gasteiger partial charge in [0.15, 0.2) is 0 Å². The van der Waals surface area contributed by atoms with E-state index in [9.17, 15) is 4.79 Å². The van der Waals surface area contributed by atoms with Crippen molar-refractivity contribution in [1.82, 2.24) is 15.1 Å². The minimum atomic E-state index is -0.0691. The lowest BCUT2D eigenvalue weighted by Crippen LogP contribution is -2.35. The van der Waals surface area contributed by atoms with Crippen LogP contribution in [0.25, 0.3) is 0 Å². The lowest BCUT2D eigenvalue weighted by atomic mass is 9.96. The third kappa shape index (κ3) is 3.78. The number of fused-ring (bicyclic) bond motifs is 1. The second-order valence-electron chi connectivity index (χ2n) is 6.43. The highest BCUT2D eigenvalue weighted by Gasteiger charge is 2.22. The molecule has 0 spiro atoms. The minimum absolute atomic E-state index is 0.0691. The Balaban J connectivity index is 1.58. The van der Waals surface area contributed by atoms with Gasteiger partial charge in [0.2, 0.25) is 0 Å². The number of ether oxygens (including phenoxy) is 2. The van der Waals surface area contributed by atoms with Crippen LogP contribution in [0.5, 0.6) is 11.5 Å². The summed E-state index contributed by atoms with van der Waals surface area (Å²) in [5.41, 5.74) is 2.71. The smallest absolute Gasteiger partial charge is 0.254 e. The monoisotopic (exact) mass is 343 g/mol. The van der Waals surface area contributed by atoms with Gasteiger partial charge in [-0.15, -0.1) is 0 Å². The molecule has 1 aliphatic rings. The van der Waals surface area contributed by atoms with E-state index in [1.807, 2.05) is 29.8 Å². The van der Waals surface area contributed by atoms with Gasteiger partial charge in [-0.1, -0.05) is 13.0 Å². The number of aryl methyl sites for hydroxylation is 1. The van der Waals surface area contributed by atoms with E-state index >= 15 is 0 Å². The molecule has 2 aromatic rings. The molecule has 3 rings (SSSR count). The van der Waals surface area contributed by atoms with Crippen LogP contribution < -0.4 is 14.8 Å². The van der Waals surface area contributed by atoms with Crippen LogP contribution in [0.3, 0.4) is 0 Å². The van der Waals surface area contributed by atoms with Gasteiger partial charge in [-0.25, -0.2) is 0 Å². The minimum Gasteiger partial charge on any atom is -0.497 e. The van der Waals surface area contributed by atoms with E-state index in [-0.39, 0.29) is 11.8 Å². The third-order valence-electron chi connectivity index (χ3n) is 4.59. The highest BCUT2D eigenvalue weighted by atomic mass is 16.5. The van der Waals surface area contributed by atoms with E-state index < -0.39 is 0 Å². The van der Waals surface area contributed by atoms with Crippen LogP contribution in [0.4, 0.5) is 0 Å². The van der Waals surface area contributed by atoms with Crippen molar-refractivity contribution in [3.63, 3.8) is 0 Å². The Bertz CT molecular complexity index is 754. The molecule has 134 valence electrons. The van der Waals surface area contributed by atoms with Crippen LogP contribution in [0.2, 0.25) is 0 Å². The molecule has 0 aliphatic carbocycles. The van der Waals surface area contributed by atoms with Crippen molar-refractivity contribution in [1.29, 1.82) is 0 Å². The summed E-state index contributed by atoms with van der Waals surface area (Å²) in [5, 5.41) is 7.31. The maximum atomic E-state index is 12.4. The topological polar surface area (TPSA) is 65.4 Å². The second kappa shape index (κ2) is 7.59. The Kier molecular flexibility index (Phi) is 5.26. The number of rotatable bonds is 6. The van der Waals surface area contributed by atoms with Crippen LogP contribution in [-0.4, -0.2) is 35.9 Å². The molecule has 1 N–H and O–H groups in total. The first-order chi connectivity index (χ1) is 12.1. The highest BCUT2D eigenvalue weighted by Crippen LogP contribution is 2.30. The van der Waals surface area contributed by atoms with E-state index in [0.717, 1.165) is 42.1 Å². The SMILES string of the molecule is CCCn1ncc(C(=O)NC[C@H]2COc3cc(OC)ccc3C2)c1C. The quantitative estimate of drug-likeness (QED) is 0.875. The van der Waals surface area contributed by atoms with Gasteiger partial charge in [-0.3, -0.25) is 9.48 Å². The van der Waals surface area contributed by atoms with Gasteiger partial charge in [-0.05, 0) is 31.4 Å². The Morgan fingerprint density at radius 1 is 1.48 bits per heavy atom. The molecule has 1 aliphatic heterocycles. The number of nitrogens with one attached hydrogen (secondary N) is 1. The molecular formula is C19H25N3O3. The van der Waals surface area contributed by atoms with Crippen LogP contribution in [0, 0.1) is 12.8 Å². The number of carbonyl (C=O) groups is 1. The summed E-state index contributed by atoms with van der Waals surface area (Å²) in [4.78, 5) is 12.4. The Morgan fingerprint density at radius 2 is 2.32 bits per heavy atom. The molecule has 2 heterocycles. The summed E-state index contributed by atoms with van der Waals surface area (Å²) in [6, 6.07) is 5.88. The van der Waals surface area contributed by atoms with Gasteiger partial charge >= 0.3 is 0 Å². The van der Waals surface area contributed by atoms with Gasteiger partial charge in [-0.2, -0.15) is 5.10 Å². The molecule has 6 heteroatoms. The number of amides is 1. The summed E-state index contributed by atoms with van der Waals surface area (Å²) in [6.07, 6.45) is 3.53. The van der Waals surface area contributed by atoms with Crippen molar-refractivity contribution in [2.24, 2.45) is 5.92 Å². The molecular weight excluding hydrogens is 318 g/mol. The number of aromatic nitrogens is 2. The van der Waals surface area contributed by atoms with Crippen molar-refractivity contribution in [2.75, 3.05) is 20.3 Å². The zero-order valence-corrected chi connectivity index (χ0v) is 15.0. The average Bonchev–Trinajstić information content (AvgIpc) is 3.00. The molecule has 1 atom stereocenters. The summed E-state index contributed by atoms with van der Waals surface area (Å²) in [5.74, 6) is 1.86. The second-order valence-corrected chi connectivity index (χ2v) is 6.43. The zero-order chi connectivity index (χ0) is 17.8. The largest absolute Gasteiger partial charge is 0.497 e. The fourth-order valence-electron chi connectivity index (χ4n) is 3.11. The van der Waals surface area contributed by atoms with E-state index in [4.69, 9.17) is 9.47 Å². The Morgan fingerprint density at radius 3 is 3.08 bits per heavy atom. The molecule has 0 fully saturated rings. The molecule has 0 saturated carbocycles. The molecule has 0 unspecified atom stereocenters. The first kappa shape index (κ1) is 17.3. The molecule has 0 bridgehead atoms. The molecule has 1 amide bonds. The first-order valence-electron chi connectivity index (χ1n) is 8.72. The number of nitrogens with zero attached hydrogens (tertiary/aromatic N) is 2. The average molecular weight is 343 g/mol. The maximum absolute atomic E-state index is 12.4. The van der Waals surface area contributed by atoms with Gasteiger partial charge in [0, 0.05) is 30.8 Å². The lowest BCUT2D eigenvalue weighted by molar-refractivity contribution is 0.0938. The Hall–Kier alpha value is -2.50. The van der Waals surface area contributed by atoms with Crippen molar-refractivity contribution in [3.05, 3.63) is 41.2 Å². The van der Waals surface area contributed by atoms with E-state index in [1.54, 1.807) is 13.3 Å². The fourth-order valence-corrected chi connectivity index (χ4v) is 3.11. The standard InChI is InChI=1S/C19H25N3O3/c1-4-7-22-13(2)17(11-21-22)19(23)20-10-14-8-15-5-6-16(24-3)9-18(15)25-12-14/h5-6,9,11,14H,4,7-8,10,12H2,1-3H3,(H,20,23)/t14-/m0/s1. The number of hydrogen-bond donors (Lipinski definition) is 1. The highest BCUT2D eigenvalue weighted by molar-refractivity contribution is 5.95. The van der Waals surface area contributed by atoms with Crippen LogP contribution in [0.1, 0.15) is 35.0 Å². The van der Waals surface area contributed by atoms with Gasteiger partial charge in [0.05, 0.1) is 25.5 Å². The fraction of sp³-hybridized carbons (Fsp3) is 0.474. The van der Waals surface area contributed by atoms with Crippen LogP contribution >= 0.6 is 0 Å². The predicted octanol–water partition coefficient (Wildman–Crippen LogP) is 2.59. The number of carbonyl (C=O) groups excluding carboxylic acids is 1. The van der Waals surface area contributed by atoms with Crippen molar-refractivity contribution in [3.8, 4) is 11.5 Å². The summed E-state index contributed by atoms with van der Waals surface area (Å²) in [6.45, 7) is 6.04. The Labute approximate surface area is 148 Å².